The number of nitrogens with zero attached hydrogens (tertiary/aromatic N) is 1. The summed E-state index contributed by atoms with van der Waals surface area (Å²) in [4.78, 5) is 15.1. The van der Waals surface area contributed by atoms with Crippen molar-refractivity contribution in [1.29, 1.82) is 0 Å². The Balaban J connectivity index is 2.82. The Morgan fingerprint density at radius 3 is 2.92 bits per heavy atom. The molecule has 0 bridgehead atoms. The molecule has 0 aliphatic rings. The number of pyridine rings is 1. The number of rotatable bonds is 3. The van der Waals surface area contributed by atoms with Crippen molar-refractivity contribution >= 4 is 5.97 Å². The number of carbonyl (C=O) groups is 1. The molecule has 0 aromatic carbocycles. The predicted octanol–water partition coefficient (Wildman–Crippen LogP) is 1.27. The summed E-state index contributed by atoms with van der Waals surface area (Å²) in [7, 11) is 1.50. The van der Waals surface area contributed by atoms with Crippen LogP contribution in [0.1, 0.15) is 17.4 Å². The summed E-state index contributed by atoms with van der Waals surface area (Å²) >= 11 is 0. The number of hydrogen-bond donors (Lipinski definition) is 0. The van der Waals surface area contributed by atoms with Crippen molar-refractivity contribution in [2.45, 2.75) is 6.92 Å². The lowest BCUT2D eigenvalue weighted by Gasteiger charge is -2.02. The highest BCUT2D eigenvalue weighted by atomic mass is 16.5. The first-order chi connectivity index (χ1) is 6.27. The standard InChI is InChI=1S/C9H11NO3/c1-3-13-9(11)7-5-4-6-8(10-7)12-2/h4-6H,3H2,1-2H3. The maximum absolute atomic E-state index is 11.2. The van der Waals surface area contributed by atoms with Gasteiger partial charge in [0.2, 0.25) is 5.88 Å². The van der Waals surface area contributed by atoms with Gasteiger partial charge in [-0.25, -0.2) is 9.78 Å². The van der Waals surface area contributed by atoms with E-state index in [4.69, 9.17) is 9.47 Å². The van der Waals surface area contributed by atoms with Gasteiger partial charge < -0.3 is 9.47 Å². The van der Waals surface area contributed by atoms with Gasteiger partial charge in [0.25, 0.3) is 0 Å². The second-order valence-corrected chi connectivity index (χ2v) is 2.29. The molecule has 0 aliphatic heterocycles. The van der Waals surface area contributed by atoms with Crippen LogP contribution in [0.15, 0.2) is 18.2 Å². The molecule has 1 aromatic rings. The van der Waals surface area contributed by atoms with E-state index in [1.807, 2.05) is 0 Å². The molecular weight excluding hydrogens is 170 g/mol. The van der Waals surface area contributed by atoms with Gasteiger partial charge in [-0.05, 0) is 13.0 Å². The lowest BCUT2D eigenvalue weighted by atomic mass is 10.3. The summed E-state index contributed by atoms with van der Waals surface area (Å²) in [5, 5.41) is 0. The highest BCUT2D eigenvalue weighted by Gasteiger charge is 2.07. The van der Waals surface area contributed by atoms with Crippen LogP contribution >= 0.6 is 0 Å². The van der Waals surface area contributed by atoms with E-state index < -0.39 is 5.97 Å². The largest absolute Gasteiger partial charge is 0.481 e. The average Bonchev–Trinajstić information content (AvgIpc) is 2.18. The van der Waals surface area contributed by atoms with Gasteiger partial charge in [0.1, 0.15) is 0 Å². The molecule has 0 unspecified atom stereocenters. The van der Waals surface area contributed by atoms with Gasteiger partial charge in [-0.3, -0.25) is 0 Å². The predicted molar refractivity (Wildman–Crippen MR) is 46.7 cm³/mol. The average molecular weight is 181 g/mol. The second-order valence-electron chi connectivity index (χ2n) is 2.29. The number of aromatic nitrogens is 1. The normalized spacial score (nSPS) is 9.38. The van der Waals surface area contributed by atoms with Crippen LogP contribution in [0.3, 0.4) is 0 Å². The first-order valence-electron chi connectivity index (χ1n) is 3.96. The quantitative estimate of drug-likeness (QED) is 0.659. The fourth-order valence-electron chi connectivity index (χ4n) is 0.847. The van der Waals surface area contributed by atoms with Gasteiger partial charge in [-0.1, -0.05) is 6.07 Å². The fourth-order valence-corrected chi connectivity index (χ4v) is 0.847. The molecule has 1 heterocycles. The van der Waals surface area contributed by atoms with Gasteiger partial charge in [0.15, 0.2) is 5.69 Å². The SMILES string of the molecule is CCOC(=O)c1cccc(OC)n1. The minimum absolute atomic E-state index is 0.265. The lowest BCUT2D eigenvalue weighted by Crippen LogP contribution is -2.07. The molecule has 1 aromatic heterocycles. The van der Waals surface area contributed by atoms with Crippen LogP contribution in [0.4, 0.5) is 0 Å². The Morgan fingerprint density at radius 2 is 2.31 bits per heavy atom. The molecule has 4 heteroatoms. The van der Waals surface area contributed by atoms with Gasteiger partial charge >= 0.3 is 5.97 Å². The van der Waals surface area contributed by atoms with Crippen LogP contribution in [0, 0.1) is 0 Å². The number of methoxy groups -OCH3 is 1. The van der Waals surface area contributed by atoms with Crippen LogP contribution in [-0.4, -0.2) is 24.7 Å². The van der Waals surface area contributed by atoms with Crippen molar-refractivity contribution in [1.82, 2.24) is 4.98 Å². The third kappa shape index (κ3) is 2.43. The van der Waals surface area contributed by atoms with E-state index in [-0.39, 0.29) is 5.69 Å². The maximum atomic E-state index is 11.2. The number of ether oxygens (including phenoxy) is 2. The van der Waals surface area contributed by atoms with Crippen molar-refractivity contribution in [3.63, 3.8) is 0 Å². The van der Waals surface area contributed by atoms with E-state index >= 15 is 0 Å². The van der Waals surface area contributed by atoms with Crippen molar-refractivity contribution in [2.24, 2.45) is 0 Å². The van der Waals surface area contributed by atoms with E-state index in [0.717, 1.165) is 0 Å². The monoisotopic (exact) mass is 181 g/mol. The summed E-state index contributed by atoms with van der Waals surface area (Å²) < 4.78 is 9.63. The van der Waals surface area contributed by atoms with Crippen LogP contribution in [-0.2, 0) is 4.74 Å². The van der Waals surface area contributed by atoms with E-state index in [0.29, 0.717) is 12.5 Å². The summed E-state index contributed by atoms with van der Waals surface area (Å²) in [5.41, 5.74) is 0.265. The van der Waals surface area contributed by atoms with Crippen LogP contribution in [0.2, 0.25) is 0 Å². The van der Waals surface area contributed by atoms with Crippen LogP contribution in [0.25, 0.3) is 0 Å². The zero-order valence-corrected chi connectivity index (χ0v) is 7.61. The van der Waals surface area contributed by atoms with Gasteiger partial charge in [-0.15, -0.1) is 0 Å². The van der Waals surface area contributed by atoms with Gasteiger partial charge in [0.05, 0.1) is 13.7 Å². The minimum Gasteiger partial charge on any atom is -0.481 e. The maximum Gasteiger partial charge on any atom is 0.357 e. The highest BCUT2D eigenvalue weighted by Crippen LogP contribution is 2.07. The zero-order valence-electron chi connectivity index (χ0n) is 7.61. The number of esters is 1. The van der Waals surface area contributed by atoms with E-state index in [1.54, 1.807) is 25.1 Å². The van der Waals surface area contributed by atoms with Crippen molar-refractivity contribution in [3.8, 4) is 5.88 Å². The molecule has 0 saturated carbocycles. The molecule has 4 nitrogen and oxygen atoms in total. The van der Waals surface area contributed by atoms with E-state index in [9.17, 15) is 4.79 Å². The molecule has 0 saturated heterocycles. The highest BCUT2D eigenvalue weighted by molar-refractivity contribution is 5.87. The van der Waals surface area contributed by atoms with Gasteiger partial charge in [-0.2, -0.15) is 0 Å². The summed E-state index contributed by atoms with van der Waals surface area (Å²) in [5.74, 6) is -0.0213. The zero-order chi connectivity index (χ0) is 9.68. The third-order valence-corrected chi connectivity index (χ3v) is 1.42. The van der Waals surface area contributed by atoms with Crippen molar-refractivity contribution in [3.05, 3.63) is 23.9 Å². The van der Waals surface area contributed by atoms with E-state index in [1.165, 1.54) is 7.11 Å². The summed E-state index contributed by atoms with van der Waals surface area (Å²) in [6.45, 7) is 2.09. The molecule has 1 rings (SSSR count). The molecule has 0 fully saturated rings. The first kappa shape index (κ1) is 9.51. The Morgan fingerprint density at radius 1 is 1.54 bits per heavy atom. The van der Waals surface area contributed by atoms with Crippen molar-refractivity contribution < 1.29 is 14.3 Å². The Labute approximate surface area is 76.5 Å². The van der Waals surface area contributed by atoms with Crippen LogP contribution < -0.4 is 4.74 Å². The molecule has 0 radical (unpaired) electrons. The van der Waals surface area contributed by atoms with Crippen molar-refractivity contribution in [2.75, 3.05) is 13.7 Å². The molecule has 0 amide bonds. The molecule has 0 atom stereocenters. The Hall–Kier alpha value is -1.58. The molecule has 0 spiro atoms. The fraction of sp³-hybridized carbons (Fsp3) is 0.333. The molecule has 0 N–H and O–H groups in total. The first-order valence-corrected chi connectivity index (χ1v) is 3.96. The van der Waals surface area contributed by atoms with Crippen LogP contribution in [0.5, 0.6) is 5.88 Å². The Bertz CT molecular complexity index is 299. The third-order valence-electron chi connectivity index (χ3n) is 1.42. The smallest absolute Gasteiger partial charge is 0.357 e. The summed E-state index contributed by atoms with van der Waals surface area (Å²) in [6.07, 6.45) is 0. The molecular formula is C9H11NO3. The molecule has 70 valence electrons. The van der Waals surface area contributed by atoms with Gasteiger partial charge in [0, 0.05) is 6.07 Å². The number of hydrogen-bond acceptors (Lipinski definition) is 4. The lowest BCUT2D eigenvalue weighted by molar-refractivity contribution is 0.0518. The summed E-state index contributed by atoms with van der Waals surface area (Å²) in [6, 6.07) is 4.95. The number of carbonyl (C=O) groups excluding carboxylic acids is 1. The minimum atomic E-state index is -0.429. The second kappa shape index (κ2) is 4.45. The topological polar surface area (TPSA) is 48.4 Å². The Kier molecular flexibility index (Phi) is 3.25. The van der Waals surface area contributed by atoms with E-state index in [2.05, 4.69) is 4.98 Å². The molecule has 0 aliphatic carbocycles. The molecule has 13 heavy (non-hydrogen) atoms.